The molecule has 1 rings (SSSR count). The Morgan fingerprint density at radius 3 is 2.73 bits per heavy atom. The van der Waals surface area contributed by atoms with Gasteiger partial charge in [-0.2, -0.15) is 0 Å². The highest BCUT2D eigenvalue weighted by molar-refractivity contribution is 6.31. The molecule has 11 heavy (non-hydrogen) atoms. The molecule has 1 aromatic carbocycles. The van der Waals surface area contributed by atoms with E-state index in [1.165, 1.54) is 6.07 Å². The van der Waals surface area contributed by atoms with Crippen molar-refractivity contribution in [3.8, 4) is 0 Å². The lowest BCUT2D eigenvalue weighted by Gasteiger charge is -2.01. The van der Waals surface area contributed by atoms with Crippen LogP contribution in [0.3, 0.4) is 0 Å². The van der Waals surface area contributed by atoms with Crippen LogP contribution in [0.2, 0.25) is 5.02 Å². The summed E-state index contributed by atoms with van der Waals surface area (Å²) in [6, 6.07) is 4.71. The average Bonchev–Trinajstić information content (AvgIpc) is 1.97. The predicted octanol–water partition coefficient (Wildman–Crippen LogP) is 1.26. The summed E-state index contributed by atoms with van der Waals surface area (Å²) < 4.78 is 12.9. The minimum atomic E-state index is -0.235. The number of halogens is 2. The minimum Gasteiger partial charge on any atom is -0.357 e. The van der Waals surface area contributed by atoms with Crippen molar-refractivity contribution < 1.29 is 10.1 Å². The van der Waals surface area contributed by atoms with E-state index in [1.807, 2.05) is 0 Å². The zero-order chi connectivity index (χ0) is 8.27. The fraction of sp³-hybridized carbons (Fsp3) is 0.250. The van der Waals surface area contributed by atoms with E-state index in [4.69, 9.17) is 11.6 Å². The largest absolute Gasteiger partial charge is 0.357 e. The van der Waals surface area contributed by atoms with Gasteiger partial charge in [0.2, 0.25) is 0 Å². The van der Waals surface area contributed by atoms with Crippen molar-refractivity contribution in [3.05, 3.63) is 34.6 Å². The molecule has 1 nitrogen and oxygen atoms in total. The van der Waals surface area contributed by atoms with E-state index in [1.54, 1.807) is 12.1 Å². The Kier molecular flexibility index (Phi) is 2.85. The van der Waals surface area contributed by atoms with Crippen molar-refractivity contribution in [1.82, 2.24) is 0 Å². The van der Waals surface area contributed by atoms with Crippen molar-refractivity contribution in [2.75, 3.05) is 6.54 Å². The molecule has 0 fully saturated rings. The molecule has 0 aromatic heterocycles. The lowest BCUT2D eigenvalue weighted by molar-refractivity contribution is -0.366. The number of hydrogen-bond donors (Lipinski definition) is 1. The highest BCUT2D eigenvalue weighted by Gasteiger charge is 2.05. The van der Waals surface area contributed by atoms with Gasteiger partial charge in [0.25, 0.3) is 0 Å². The molecule has 1 aromatic rings. The van der Waals surface area contributed by atoms with Crippen molar-refractivity contribution in [2.45, 2.75) is 6.42 Å². The maximum Gasteiger partial charge on any atom is 0.128 e. The average molecular weight is 175 g/mol. The van der Waals surface area contributed by atoms with E-state index in [2.05, 4.69) is 5.73 Å². The van der Waals surface area contributed by atoms with E-state index in [0.29, 0.717) is 23.6 Å². The van der Waals surface area contributed by atoms with Gasteiger partial charge in [-0.3, -0.25) is 0 Å². The summed E-state index contributed by atoms with van der Waals surface area (Å²) in [5.74, 6) is -0.235. The van der Waals surface area contributed by atoms with Gasteiger partial charge in [-0.05, 0) is 12.1 Å². The fourth-order valence-electron chi connectivity index (χ4n) is 0.948. The van der Waals surface area contributed by atoms with Crippen LogP contribution in [-0.4, -0.2) is 6.54 Å². The lowest BCUT2D eigenvalue weighted by atomic mass is 10.1. The van der Waals surface area contributed by atoms with Gasteiger partial charge in [-0.1, -0.05) is 17.7 Å². The minimum absolute atomic E-state index is 0.235. The maximum absolute atomic E-state index is 12.9. The zero-order valence-electron chi connectivity index (χ0n) is 6.11. The molecule has 0 saturated heterocycles. The normalized spacial score (nSPS) is 10.1. The van der Waals surface area contributed by atoms with Gasteiger partial charge in [0, 0.05) is 17.0 Å². The lowest BCUT2D eigenvalue weighted by Crippen LogP contribution is -2.51. The number of quaternary nitrogens is 1. The van der Waals surface area contributed by atoms with Crippen LogP contribution >= 0.6 is 11.6 Å². The highest BCUT2D eigenvalue weighted by atomic mass is 35.5. The van der Waals surface area contributed by atoms with Crippen LogP contribution in [0, 0.1) is 5.82 Å². The summed E-state index contributed by atoms with van der Waals surface area (Å²) >= 11 is 5.74. The van der Waals surface area contributed by atoms with Crippen molar-refractivity contribution in [1.29, 1.82) is 0 Å². The molecule has 0 aliphatic carbocycles. The second-order valence-electron chi connectivity index (χ2n) is 2.30. The molecule has 3 heteroatoms. The Morgan fingerprint density at radius 2 is 2.18 bits per heavy atom. The van der Waals surface area contributed by atoms with Gasteiger partial charge in [0.15, 0.2) is 0 Å². The first-order valence-corrected chi connectivity index (χ1v) is 3.85. The molecule has 0 unspecified atom stereocenters. The van der Waals surface area contributed by atoms with Gasteiger partial charge in [0.05, 0.1) is 6.54 Å². The molecule has 60 valence electrons. The quantitative estimate of drug-likeness (QED) is 0.700. The number of rotatable bonds is 2. The third-order valence-corrected chi connectivity index (χ3v) is 1.84. The number of benzene rings is 1. The molecule has 0 saturated carbocycles. The third kappa shape index (κ3) is 1.91. The van der Waals surface area contributed by atoms with Gasteiger partial charge in [-0.25, -0.2) is 4.39 Å². The Bertz CT molecular complexity index is 230. The summed E-state index contributed by atoms with van der Waals surface area (Å²) in [6.45, 7) is 0.667. The van der Waals surface area contributed by atoms with Crippen molar-refractivity contribution in [2.24, 2.45) is 0 Å². The van der Waals surface area contributed by atoms with Crippen LogP contribution in [0.4, 0.5) is 4.39 Å². The predicted molar refractivity (Wildman–Crippen MR) is 42.9 cm³/mol. The van der Waals surface area contributed by atoms with Crippen LogP contribution in [0.15, 0.2) is 18.2 Å². The molecule has 0 atom stereocenters. The molecular formula is C8H10ClFN+. The van der Waals surface area contributed by atoms with Crippen LogP contribution in [-0.2, 0) is 6.42 Å². The number of hydrogen-bond acceptors (Lipinski definition) is 0. The molecule has 0 spiro atoms. The Labute approximate surface area is 70.0 Å². The summed E-state index contributed by atoms with van der Waals surface area (Å²) in [4.78, 5) is 0. The van der Waals surface area contributed by atoms with Gasteiger partial charge in [-0.15, -0.1) is 0 Å². The fourth-order valence-corrected chi connectivity index (χ4v) is 1.21. The summed E-state index contributed by atoms with van der Waals surface area (Å²) in [5.41, 5.74) is 4.21. The summed E-state index contributed by atoms with van der Waals surface area (Å²) in [6.07, 6.45) is 0.603. The van der Waals surface area contributed by atoms with Crippen LogP contribution in [0.1, 0.15) is 5.56 Å². The highest BCUT2D eigenvalue weighted by Crippen LogP contribution is 2.18. The summed E-state index contributed by atoms with van der Waals surface area (Å²) in [7, 11) is 0. The topological polar surface area (TPSA) is 27.6 Å². The molecule has 0 heterocycles. The Balaban J connectivity index is 3.00. The zero-order valence-corrected chi connectivity index (χ0v) is 6.87. The van der Waals surface area contributed by atoms with Crippen molar-refractivity contribution >= 4 is 11.6 Å². The first-order valence-electron chi connectivity index (χ1n) is 3.48. The first kappa shape index (κ1) is 8.50. The van der Waals surface area contributed by atoms with Crippen LogP contribution in [0.25, 0.3) is 0 Å². The molecule has 0 aliphatic heterocycles. The maximum atomic E-state index is 12.9. The molecular weight excluding hydrogens is 165 g/mol. The molecule has 0 aliphatic rings. The Hall–Kier alpha value is -0.600. The van der Waals surface area contributed by atoms with Gasteiger partial charge in [0.1, 0.15) is 5.82 Å². The van der Waals surface area contributed by atoms with E-state index >= 15 is 0 Å². The van der Waals surface area contributed by atoms with E-state index in [9.17, 15) is 4.39 Å². The van der Waals surface area contributed by atoms with Gasteiger partial charge < -0.3 is 5.73 Å². The first-order chi connectivity index (χ1) is 5.25. The van der Waals surface area contributed by atoms with Crippen LogP contribution < -0.4 is 5.73 Å². The van der Waals surface area contributed by atoms with E-state index in [-0.39, 0.29) is 5.82 Å². The summed E-state index contributed by atoms with van der Waals surface area (Å²) in [5, 5.41) is 0.494. The van der Waals surface area contributed by atoms with Crippen molar-refractivity contribution in [3.63, 3.8) is 0 Å². The van der Waals surface area contributed by atoms with Gasteiger partial charge >= 0.3 is 0 Å². The van der Waals surface area contributed by atoms with Crippen LogP contribution in [0.5, 0.6) is 0 Å². The second-order valence-corrected chi connectivity index (χ2v) is 2.71. The molecule has 3 N–H and O–H groups in total. The SMILES string of the molecule is [NH3+]CCc1c(F)cccc1Cl. The third-order valence-electron chi connectivity index (χ3n) is 1.49. The molecule has 0 amide bonds. The molecule has 0 radical (unpaired) electrons. The monoisotopic (exact) mass is 174 g/mol. The van der Waals surface area contributed by atoms with E-state index < -0.39 is 0 Å². The van der Waals surface area contributed by atoms with E-state index in [0.717, 1.165) is 0 Å². The standard InChI is InChI=1S/C8H9ClFN/c9-7-2-1-3-8(10)6(7)4-5-11/h1-3H,4-5,11H2/p+1. The smallest absolute Gasteiger partial charge is 0.128 e. The Morgan fingerprint density at radius 1 is 1.45 bits per heavy atom. The molecule has 0 bridgehead atoms. The second kappa shape index (κ2) is 3.69.